The molecule has 0 bridgehead atoms. The molecule has 0 aliphatic carbocycles. The molecule has 0 unspecified atom stereocenters. The lowest BCUT2D eigenvalue weighted by molar-refractivity contribution is -0.136. The largest absolute Gasteiger partial charge is 0.481 e. The number of para-hydroxylation sites is 1. The van der Waals surface area contributed by atoms with Crippen molar-refractivity contribution >= 4 is 28.9 Å². The molecule has 104 valence electrons. The third kappa shape index (κ3) is 3.21. The van der Waals surface area contributed by atoms with Gasteiger partial charge in [0, 0.05) is 12.2 Å². The first-order valence-corrected chi connectivity index (χ1v) is 6.95. The minimum atomic E-state index is -0.930. The van der Waals surface area contributed by atoms with E-state index in [1.807, 2.05) is 31.2 Å². The topological polar surface area (TPSA) is 70.5 Å². The Balaban J connectivity index is 2.32. The number of amides is 1. The molecule has 1 amide bonds. The highest BCUT2D eigenvalue weighted by molar-refractivity contribution is 7.11. The van der Waals surface area contributed by atoms with Crippen molar-refractivity contribution in [2.24, 2.45) is 0 Å². The number of hydrogen-bond donors (Lipinski definition) is 1. The summed E-state index contributed by atoms with van der Waals surface area (Å²) in [5, 5.41) is 8.84. The maximum absolute atomic E-state index is 12.5. The maximum atomic E-state index is 12.5. The summed E-state index contributed by atoms with van der Waals surface area (Å²) in [6.07, 6.45) is 1.40. The molecule has 0 atom stereocenters. The second-order valence-corrected chi connectivity index (χ2v) is 5.14. The number of anilines is 1. The van der Waals surface area contributed by atoms with Crippen LogP contribution in [-0.2, 0) is 4.79 Å². The Labute approximate surface area is 120 Å². The van der Waals surface area contributed by atoms with Gasteiger partial charge in [-0.2, -0.15) is 0 Å². The van der Waals surface area contributed by atoms with Crippen molar-refractivity contribution in [3.63, 3.8) is 0 Å². The molecule has 1 aromatic heterocycles. The number of rotatable bonds is 5. The van der Waals surface area contributed by atoms with E-state index in [0.717, 1.165) is 11.3 Å². The van der Waals surface area contributed by atoms with Crippen LogP contribution < -0.4 is 4.90 Å². The van der Waals surface area contributed by atoms with Gasteiger partial charge in [0.25, 0.3) is 5.91 Å². The van der Waals surface area contributed by atoms with Crippen LogP contribution in [0.3, 0.4) is 0 Å². The number of carboxylic acid groups (broad SMARTS) is 1. The van der Waals surface area contributed by atoms with Gasteiger partial charge in [-0.1, -0.05) is 18.2 Å². The van der Waals surface area contributed by atoms with Crippen LogP contribution in [0.1, 0.15) is 21.7 Å². The summed E-state index contributed by atoms with van der Waals surface area (Å²) in [5.41, 5.74) is 3.24. The number of aryl methyl sites for hydroxylation is 1. The lowest BCUT2D eigenvalue weighted by atomic mass is 10.1. The van der Waals surface area contributed by atoms with Gasteiger partial charge in [0.15, 0.2) is 0 Å². The second kappa shape index (κ2) is 6.29. The number of hydrogen-bond acceptors (Lipinski definition) is 4. The van der Waals surface area contributed by atoms with Crippen LogP contribution in [-0.4, -0.2) is 28.5 Å². The van der Waals surface area contributed by atoms with Crippen molar-refractivity contribution in [3.8, 4) is 0 Å². The van der Waals surface area contributed by atoms with Crippen molar-refractivity contribution in [2.75, 3.05) is 11.4 Å². The van der Waals surface area contributed by atoms with Crippen LogP contribution >= 0.6 is 11.3 Å². The molecular formula is C14H14N2O3S. The van der Waals surface area contributed by atoms with E-state index in [0.29, 0.717) is 4.88 Å². The van der Waals surface area contributed by atoms with Crippen molar-refractivity contribution in [1.29, 1.82) is 0 Å². The molecule has 6 heteroatoms. The van der Waals surface area contributed by atoms with E-state index in [2.05, 4.69) is 4.98 Å². The maximum Gasteiger partial charge on any atom is 0.305 e. The Morgan fingerprint density at radius 1 is 1.35 bits per heavy atom. The van der Waals surface area contributed by atoms with Gasteiger partial charge in [-0.15, -0.1) is 11.3 Å². The van der Waals surface area contributed by atoms with E-state index in [1.165, 1.54) is 22.4 Å². The highest BCUT2D eigenvalue weighted by Crippen LogP contribution is 2.23. The highest BCUT2D eigenvalue weighted by Gasteiger charge is 2.21. The van der Waals surface area contributed by atoms with Gasteiger partial charge in [0.05, 0.1) is 18.1 Å². The second-order valence-electron chi connectivity index (χ2n) is 4.25. The molecule has 1 aromatic carbocycles. The first-order valence-electron chi connectivity index (χ1n) is 6.07. The third-order valence-electron chi connectivity index (χ3n) is 2.84. The molecule has 2 aromatic rings. The number of carboxylic acids is 1. The first-order chi connectivity index (χ1) is 9.59. The number of aromatic nitrogens is 1. The number of aliphatic carboxylic acids is 1. The molecule has 5 nitrogen and oxygen atoms in total. The van der Waals surface area contributed by atoms with Gasteiger partial charge >= 0.3 is 5.97 Å². The standard InChI is InChI=1S/C14H14N2O3S/c1-10-4-2-3-5-11(10)16(7-6-13(17)18)14(19)12-8-15-9-20-12/h2-5,8-9H,6-7H2,1H3,(H,17,18). The monoisotopic (exact) mass is 290 g/mol. The molecule has 1 heterocycles. The number of carbonyl (C=O) groups excluding carboxylic acids is 1. The zero-order chi connectivity index (χ0) is 14.5. The summed E-state index contributed by atoms with van der Waals surface area (Å²) in [4.78, 5) is 29.1. The van der Waals surface area contributed by atoms with Crippen LogP contribution in [0.2, 0.25) is 0 Å². The molecule has 0 spiro atoms. The third-order valence-corrected chi connectivity index (χ3v) is 3.60. The van der Waals surface area contributed by atoms with Gasteiger partial charge in [0.1, 0.15) is 4.88 Å². The van der Waals surface area contributed by atoms with E-state index in [4.69, 9.17) is 5.11 Å². The van der Waals surface area contributed by atoms with Crippen LogP contribution in [0.25, 0.3) is 0 Å². The van der Waals surface area contributed by atoms with Gasteiger partial charge in [-0.05, 0) is 18.6 Å². The molecule has 0 aliphatic rings. The van der Waals surface area contributed by atoms with E-state index in [9.17, 15) is 9.59 Å². The van der Waals surface area contributed by atoms with Crippen molar-refractivity contribution in [3.05, 3.63) is 46.4 Å². The molecule has 1 N–H and O–H groups in total. The number of nitrogens with zero attached hydrogens (tertiary/aromatic N) is 2. The SMILES string of the molecule is Cc1ccccc1N(CCC(=O)O)C(=O)c1cncs1. The molecule has 0 radical (unpaired) electrons. The quantitative estimate of drug-likeness (QED) is 0.918. The van der Waals surface area contributed by atoms with Crippen LogP contribution in [0.4, 0.5) is 5.69 Å². The zero-order valence-electron chi connectivity index (χ0n) is 10.9. The fourth-order valence-corrected chi connectivity index (χ4v) is 2.43. The Kier molecular flexibility index (Phi) is 4.47. The predicted molar refractivity (Wildman–Crippen MR) is 77.2 cm³/mol. The van der Waals surface area contributed by atoms with Crippen LogP contribution in [0.15, 0.2) is 36.0 Å². The Hall–Kier alpha value is -2.21. The average Bonchev–Trinajstić information content (AvgIpc) is 2.94. The smallest absolute Gasteiger partial charge is 0.305 e. The van der Waals surface area contributed by atoms with Gasteiger partial charge in [-0.25, -0.2) is 0 Å². The normalized spacial score (nSPS) is 10.2. The van der Waals surface area contributed by atoms with E-state index in [-0.39, 0.29) is 18.9 Å². The van der Waals surface area contributed by atoms with Gasteiger partial charge in [0.2, 0.25) is 0 Å². The number of carbonyl (C=O) groups is 2. The zero-order valence-corrected chi connectivity index (χ0v) is 11.8. The molecule has 0 saturated carbocycles. The minimum Gasteiger partial charge on any atom is -0.481 e. The van der Waals surface area contributed by atoms with Crippen molar-refractivity contribution in [1.82, 2.24) is 4.98 Å². The van der Waals surface area contributed by atoms with E-state index < -0.39 is 5.97 Å². The lowest BCUT2D eigenvalue weighted by Crippen LogP contribution is -2.33. The predicted octanol–water partition coefficient (Wildman–Crippen LogP) is 2.57. The Morgan fingerprint density at radius 3 is 2.70 bits per heavy atom. The molecule has 0 saturated heterocycles. The van der Waals surface area contributed by atoms with Gasteiger partial charge < -0.3 is 10.0 Å². The Bertz CT molecular complexity index is 611. The fraction of sp³-hybridized carbons (Fsp3) is 0.214. The van der Waals surface area contributed by atoms with Crippen molar-refractivity contribution in [2.45, 2.75) is 13.3 Å². The minimum absolute atomic E-state index is 0.0983. The fourth-order valence-electron chi connectivity index (χ4n) is 1.86. The molecule has 0 fully saturated rings. The van der Waals surface area contributed by atoms with E-state index >= 15 is 0 Å². The summed E-state index contributed by atoms with van der Waals surface area (Å²) in [6.45, 7) is 2.03. The van der Waals surface area contributed by atoms with E-state index in [1.54, 1.807) is 5.51 Å². The molecule has 2 rings (SSSR count). The molecule has 20 heavy (non-hydrogen) atoms. The Morgan fingerprint density at radius 2 is 2.10 bits per heavy atom. The number of thiazole rings is 1. The summed E-state index contributed by atoms with van der Waals surface area (Å²) >= 11 is 1.24. The average molecular weight is 290 g/mol. The van der Waals surface area contributed by atoms with Crippen LogP contribution in [0, 0.1) is 6.92 Å². The lowest BCUT2D eigenvalue weighted by Gasteiger charge is -2.23. The number of benzene rings is 1. The van der Waals surface area contributed by atoms with Gasteiger partial charge in [-0.3, -0.25) is 14.6 Å². The summed E-state index contributed by atoms with van der Waals surface area (Å²) < 4.78 is 0. The highest BCUT2D eigenvalue weighted by atomic mass is 32.1. The summed E-state index contributed by atoms with van der Waals surface area (Å²) in [6, 6.07) is 7.42. The van der Waals surface area contributed by atoms with Crippen LogP contribution in [0.5, 0.6) is 0 Å². The summed E-state index contributed by atoms with van der Waals surface area (Å²) in [7, 11) is 0. The first kappa shape index (κ1) is 14.2. The van der Waals surface area contributed by atoms with Crippen molar-refractivity contribution < 1.29 is 14.7 Å². The molecular weight excluding hydrogens is 276 g/mol. The molecule has 0 aliphatic heterocycles. The summed E-state index contributed by atoms with van der Waals surface area (Å²) in [5.74, 6) is -1.15.